The molecule has 9 heteroatoms. The number of nitrogens with two attached hydrogens (primary N) is 1. The van der Waals surface area contributed by atoms with Gasteiger partial charge in [-0.1, -0.05) is 25.1 Å². The number of carbonyl (C=O) groups excluding carboxylic acids is 1. The van der Waals surface area contributed by atoms with E-state index in [1.807, 2.05) is 13.8 Å². The summed E-state index contributed by atoms with van der Waals surface area (Å²) in [5.74, 6) is -0.284. The zero-order valence-corrected chi connectivity index (χ0v) is 13.8. The summed E-state index contributed by atoms with van der Waals surface area (Å²) in [6, 6.07) is 5.95. The molecule has 2 N–H and O–H groups in total. The van der Waals surface area contributed by atoms with Crippen LogP contribution in [0.15, 0.2) is 30.5 Å². The molecule has 0 fully saturated rings. The Morgan fingerprint density at radius 2 is 2.17 bits per heavy atom. The van der Waals surface area contributed by atoms with Crippen LogP contribution in [0.3, 0.4) is 0 Å². The standard InChI is InChI=1S/C15H20N6O3/c1-15(2,9-16)10-19(3)14(22)13-8-20(18-17-13)11-5-4-6-12(7-11)21(23)24/h4-8H,9-10,16H2,1-3H3. The fraction of sp³-hybridized carbons (Fsp3) is 0.400. The number of carbonyl (C=O) groups is 1. The number of amides is 1. The predicted molar refractivity (Wildman–Crippen MR) is 87.8 cm³/mol. The SMILES string of the molecule is CN(CC(C)(C)CN)C(=O)c1cn(-c2cccc([N+](=O)[O-])c2)nn1. The van der Waals surface area contributed by atoms with E-state index in [1.54, 1.807) is 19.2 Å². The number of aromatic nitrogens is 3. The van der Waals surface area contributed by atoms with Crippen LogP contribution in [0.2, 0.25) is 0 Å². The quantitative estimate of drug-likeness (QED) is 0.627. The molecule has 2 aromatic rings. The van der Waals surface area contributed by atoms with Crippen molar-refractivity contribution in [3.63, 3.8) is 0 Å². The van der Waals surface area contributed by atoms with Crippen molar-refractivity contribution in [2.45, 2.75) is 13.8 Å². The maximum atomic E-state index is 12.4. The van der Waals surface area contributed by atoms with Crippen molar-refractivity contribution in [1.82, 2.24) is 19.9 Å². The van der Waals surface area contributed by atoms with E-state index < -0.39 is 4.92 Å². The Balaban J connectivity index is 2.20. The van der Waals surface area contributed by atoms with Gasteiger partial charge in [0.2, 0.25) is 0 Å². The summed E-state index contributed by atoms with van der Waals surface area (Å²) < 4.78 is 1.34. The van der Waals surface area contributed by atoms with Gasteiger partial charge in [0.1, 0.15) is 0 Å². The molecule has 0 spiro atoms. The van der Waals surface area contributed by atoms with Gasteiger partial charge in [-0.05, 0) is 18.0 Å². The summed E-state index contributed by atoms with van der Waals surface area (Å²) in [6.45, 7) is 4.87. The summed E-state index contributed by atoms with van der Waals surface area (Å²) in [4.78, 5) is 24.3. The highest BCUT2D eigenvalue weighted by molar-refractivity contribution is 5.91. The van der Waals surface area contributed by atoms with Crippen molar-refractivity contribution in [1.29, 1.82) is 0 Å². The average Bonchev–Trinajstić information content (AvgIpc) is 3.03. The molecule has 1 amide bonds. The van der Waals surface area contributed by atoms with E-state index in [-0.39, 0.29) is 22.7 Å². The molecular formula is C15H20N6O3. The highest BCUT2D eigenvalue weighted by Crippen LogP contribution is 2.17. The lowest BCUT2D eigenvalue weighted by Crippen LogP contribution is -2.39. The zero-order chi connectivity index (χ0) is 17.9. The molecule has 2 rings (SSSR count). The highest BCUT2D eigenvalue weighted by Gasteiger charge is 2.23. The van der Waals surface area contributed by atoms with Crippen LogP contribution in [0.4, 0.5) is 5.69 Å². The van der Waals surface area contributed by atoms with Gasteiger partial charge >= 0.3 is 0 Å². The second-order valence-electron chi connectivity index (χ2n) is 6.35. The van der Waals surface area contributed by atoms with Crippen molar-refractivity contribution in [3.8, 4) is 5.69 Å². The maximum absolute atomic E-state index is 12.4. The average molecular weight is 332 g/mol. The summed E-state index contributed by atoms with van der Waals surface area (Å²) in [5.41, 5.74) is 6.04. The molecule has 1 aromatic heterocycles. The molecule has 0 aliphatic rings. The number of hydrogen-bond donors (Lipinski definition) is 1. The molecule has 0 saturated carbocycles. The van der Waals surface area contributed by atoms with Gasteiger partial charge in [0, 0.05) is 25.7 Å². The Kier molecular flexibility index (Phi) is 4.93. The third kappa shape index (κ3) is 3.93. The summed E-state index contributed by atoms with van der Waals surface area (Å²) in [5, 5.41) is 18.6. The van der Waals surface area contributed by atoms with Gasteiger partial charge in [-0.25, -0.2) is 4.68 Å². The van der Waals surface area contributed by atoms with Crippen LogP contribution >= 0.6 is 0 Å². The largest absolute Gasteiger partial charge is 0.340 e. The minimum atomic E-state index is -0.491. The van der Waals surface area contributed by atoms with E-state index >= 15 is 0 Å². The topological polar surface area (TPSA) is 120 Å². The van der Waals surface area contributed by atoms with Crippen LogP contribution in [0.25, 0.3) is 5.69 Å². The van der Waals surface area contributed by atoms with Crippen LogP contribution in [0, 0.1) is 15.5 Å². The van der Waals surface area contributed by atoms with Gasteiger partial charge in [0.25, 0.3) is 11.6 Å². The Morgan fingerprint density at radius 3 is 2.79 bits per heavy atom. The molecular weight excluding hydrogens is 312 g/mol. The van der Waals surface area contributed by atoms with E-state index in [1.165, 1.54) is 27.9 Å². The van der Waals surface area contributed by atoms with Crippen molar-refractivity contribution >= 4 is 11.6 Å². The highest BCUT2D eigenvalue weighted by atomic mass is 16.6. The second kappa shape index (κ2) is 6.75. The minimum absolute atomic E-state index is 0.0577. The maximum Gasteiger partial charge on any atom is 0.275 e. The fourth-order valence-electron chi connectivity index (χ4n) is 2.21. The van der Waals surface area contributed by atoms with Crippen molar-refractivity contribution in [2.24, 2.45) is 11.1 Å². The van der Waals surface area contributed by atoms with E-state index in [9.17, 15) is 14.9 Å². The van der Waals surface area contributed by atoms with Crippen molar-refractivity contribution in [3.05, 3.63) is 46.3 Å². The molecule has 1 aromatic carbocycles. The molecule has 0 saturated heterocycles. The Bertz CT molecular complexity index is 755. The zero-order valence-electron chi connectivity index (χ0n) is 13.8. The Labute approximate surface area is 139 Å². The predicted octanol–water partition coefficient (Wildman–Crippen LogP) is 1.23. The minimum Gasteiger partial charge on any atom is -0.340 e. The third-order valence-corrected chi connectivity index (χ3v) is 3.58. The molecule has 0 aliphatic heterocycles. The van der Waals surface area contributed by atoms with Crippen molar-refractivity contribution < 1.29 is 9.72 Å². The summed E-state index contributed by atoms with van der Waals surface area (Å²) in [6.07, 6.45) is 1.45. The van der Waals surface area contributed by atoms with E-state index in [0.29, 0.717) is 18.8 Å². The fourth-order valence-corrected chi connectivity index (χ4v) is 2.21. The third-order valence-electron chi connectivity index (χ3n) is 3.58. The van der Waals surface area contributed by atoms with E-state index in [4.69, 9.17) is 5.73 Å². The van der Waals surface area contributed by atoms with Gasteiger partial charge in [-0.3, -0.25) is 14.9 Å². The lowest BCUT2D eigenvalue weighted by atomic mass is 9.93. The molecule has 0 unspecified atom stereocenters. The molecule has 1 heterocycles. The number of nitro groups is 1. The Hall–Kier alpha value is -2.81. The van der Waals surface area contributed by atoms with Crippen LogP contribution in [-0.2, 0) is 0 Å². The van der Waals surface area contributed by atoms with Gasteiger partial charge in [0.05, 0.1) is 16.8 Å². The van der Waals surface area contributed by atoms with Crippen LogP contribution in [0.1, 0.15) is 24.3 Å². The molecule has 24 heavy (non-hydrogen) atoms. The Morgan fingerprint density at radius 1 is 1.46 bits per heavy atom. The lowest BCUT2D eigenvalue weighted by Gasteiger charge is -2.28. The first kappa shape index (κ1) is 17.5. The molecule has 0 atom stereocenters. The normalized spacial score (nSPS) is 11.3. The first-order chi connectivity index (χ1) is 11.2. The second-order valence-corrected chi connectivity index (χ2v) is 6.35. The van der Waals surface area contributed by atoms with Crippen molar-refractivity contribution in [2.75, 3.05) is 20.1 Å². The first-order valence-corrected chi connectivity index (χ1v) is 7.36. The number of nitrogens with zero attached hydrogens (tertiary/aromatic N) is 5. The number of non-ortho nitro benzene ring substituents is 1. The van der Waals surface area contributed by atoms with Crippen LogP contribution in [-0.4, -0.2) is 50.9 Å². The van der Waals surface area contributed by atoms with E-state index in [2.05, 4.69) is 10.3 Å². The first-order valence-electron chi connectivity index (χ1n) is 7.36. The van der Waals surface area contributed by atoms with Gasteiger partial charge < -0.3 is 10.6 Å². The summed E-state index contributed by atoms with van der Waals surface area (Å²) >= 11 is 0. The molecule has 9 nitrogen and oxygen atoms in total. The van der Waals surface area contributed by atoms with E-state index in [0.717, 1.165) is 0 Å². The van der Waals surface area contributed by atoms with Gasteiger partial charge in [0.15, 0.2) is 5.69 Å². The lowest BCUT2D eigenvalue weighted by molar-refractivity contribution is -0.384. The molecule has 0 aliphatic carbocycles. The number of benzene rings is 1. The van der Waals surface area contributed by atoms with Crippen LogP contribution < -0.4 is 5.73 Å². The summed E-state index contributed by atoms with van der Waals surface area (Å²) in [7, 11) is 1.67. The van der Waals surface area contributed by atoms with Crippen LogP contribution in [0.5, 0.6) is 0 Å². The molecule has 0 bridgehead atoms. The smallest absolute Gasteiger partial charge is 0.275 e. The van der Waals surface area contributed by atoms with Gasteiger partial charge in [-0.15, -0.1) is 5.10 Å². The van der Waals surface area contributed by atoms with Gasteiger partial charge in [-0.2, -0.15) is 0 Å². The monoisotopic (exact) mass is 332 g/mol. The number of rotatable bonds is 6. The number of nitro benzene ring substituents is 1. The molecule has 0 radical (unpaired) electrons. The molecule has 128 valence electrons. The number of hydrogen-bond acceptors (Lipinski definition) is 6.